The Labute approximate surface area is 116 Å². The molecule has 1 aliphatic carbocycles. The number of carbonyl (C=O) groups excluding carboxylic acids is 1. The third-order valence-corrected chi connectivity index (χ3v) is 4.40. The first kappa shape index (κ1) is 13.7. The highest BCUT2D eigenvalue weighted by molar-refractivity contribution is 7.08. The van der Waals surface area contributed by atoms with Crippen LogP contribution in [0.25, 0.3) is 0 Å². The van der Waals surface area contributed by atoms with Gasteiger partial charge in [-0.05, 0) is 36.2 Å². The van der Waals surface area contributed by atoms with Gasteiger partial charge in [0.2, 0.25) is 0 Å². The van der Waals surface area contributed by atoms with Gasteiger partial charge < -0.3 is 4.90 Å². The van der Waals surface area contributed by atoms with Crippen molar-refractivity contribution in [2.24, 2.45) is 5.92 Å². The van der Waals surface area contributed by atoms with Gasteiger partial charge in [0.1, 0.15) is 4.88 Å². The van der Waals surface area contributed by atoms with Crippen LogP contribution in [0.4, 0.5) is 0 Å². The Balaban J connectivity index is 1.99. The summed E-state index contributed by atoms with van der Waals surface area (Å²) >= 11 is 7.14. The second kappa shape index (κ2) is 5.53. The van der Waals surface area contributed by atoms with Gasteiger partial charge in [-0.15, -0.1) is 16.7 Å². The molecule has 4 nitrogen and oxygen atoms in total. The van der Waals surface area contributed by atoms with Crippen molar-refractivity contribution in [2.45, 2.75) is 38.0 Å². The molecule has 0 bridgehead atoms. The van der Waals surface area contributed by atoms with Gasteiger partial charge in [-0.25, -0.2) is 0 Å². The van der Waals surface area contributed by atoms with Gasteiger partial charge in [-0.1, -0.05) is 18.3 Å². The number of rotatable bonds is 4. The second-order valence-corrected chi connectivity index (χ2v) is 6.63. The average Bonchev–Trinajstić information content (AvgIpc) is 2.74. The van der Waals surface area contributed by atoms with E-state index in [9.17, 15) is 4.79 Å². The first-order valence-corrected chi connectivity index (χ1v) is 7.41. The molecule has 0 aromatic carbocycles. The van der Waals surface area contributed by atoms with Crippen LogP contribution in [0.1, 0.15) is 48.0 Å². The standard InChI is InChI=1S/C12H18ClN3OS/c1-7(2)10-11(18-15-14-10)12(17)16(3)6-8-4-9(13)5-8/h7-9H,4-6H2,1-3H3. The Morgan fingerprint density at radius 3 is 2.78 bits per heavy atom. The van der Waals surface area contributed by atoms with Gasteiger partial charge >= 0.3 is 0 Å². The molecule has 0 saturated heterocycles. The van der Waals surface area contributed by atoms with Crippen LogP contribution in [0.2, 0.25) is 0 Å². The summed E-state index contributed by atoms with van der Waals surface area (Å²) in [5.41, 5.74) is 0.806. The van der Waals surface area contributed by atoms with Gasteiger partial charge in [-0.3, -0.25) is 4.79 Å². The lowest BCUT2D eigenvalue weighted by atomic mass is 9.84. The van der Waals surface area contributed by atoms with Crippen molar-refractivity contribution in [3.05, 3.63) is 10.6 Å². The summed E-state index contributed by atoms with van der Waals surface area (Å²) in [6.07, 6.45) is 2.02. The summed E-state index contributed by atoms with van der Waals surface area (Å²) in [6, 6.07) is 0. The fourth-order valence-electron chi connectivity index (χ4n) is 2.17. The zero-order chi connectivity index (χ0) is 13.3. The van der Waals surface area contributed by atoms with Crippen LogP contribution < -0.4 is 0 Å². The third-order valence-electron chi connectivity index (χ3n) is 3.31. The Hall–Kier alpha value is -0.680. The van der Waals surface area contributed by atoms with Crippen molar-refractivity contribution in [3.63, 3.8) is 0 Å². The fraction of sp³-hybridized carbons (Fsp3) is 0.750. The zero-order valence-corrected chi connectivity index (χ0v) is 12.5. The third kappa shape index (κ3) is 2.83. The number of amides is 1. The van der Waals surface area contributed by atoms with E-state index in [2.05, 4.69) is 9.59 Å². The molecule has 6 heteroatoms. The summed E-state index contributed by atoms with van der Waals surface area (Å²) in [5.74, 6) is 0.809. The molecule has 0 unspecified atom stereocenters. The van der Waals surface area contributed by atoms with Gasteiger partial charge in [0.15, 0.2) is 0 Å². The van der Waals surface area contributed by atoms with Crippen LogP contribution in [0, 0.1) is 5.92 Å². The largest absolute Gasteiger partial charge is 0.341 e. The lowest BCUT2D eigenvalue weighted by Crippen LogP contribution is -2.38. The number of halogens is 1. The maximum Gasteiger partial charge on any atom is 0.267 e. The maximum absolute atomic E-state index is 12.3. The minimum absolute atomic E-state index is 0.0340. The normalized spacial score (nSPS) is 22.9. The Kier molecular flexibility index (Phi) is 4.22. The van der Waals surface area contributed by atoms with Crippen molar-refractivity contribution in [3.8, 4) is 0 Å². The lowest BCUT2D eigenvalue weighted by Gasteiger charge is -2.34. The van der Waals surface area contributed by atoms with Crippen LogP contribution >= 0.6 is 23.1 Å². The number of hydrogen-bond acceptors (Lipinski definition) is 4. The molecule has 1 aromatic rings. The van der Waals surface area contributed by atoms with Gasteiger partial charge in [0, 0.05) is 19.0 Å². The van der Waals surface area contributed by atoms with Crippen molar-refractivity contribution in [1.29, 1.82) is 0 Å². The van der Waals surface area contributed by atoms with Crippen molar-refractivity contribution < 1.29 is 4.79 Å². The summed E-state index contributed by atoms with van der Waals surface area (Å²) in [5, 5.41) is 4.35. The van der Waals surface area contributed by atoms with E-state index in [1.54, 1.807) is 4.90 Å². The number of nitrogens with zero attached hydrogens (tertiary/aromatic N) is 3. The smallest absolute Gasteiger partial charge is 0.267 e. The van der Waals surface area contributed by atoms with E-state index in [-0.39, 0.29) is 11.8 Å². The molecule has 0 N–H and O–H groups in total. The SMILES string of the molecule is CC(C)c1nnsc1C(=O)N(C)CC1CC(Cl)C1. The number of hydrogen-bond donors (Lipinski definition) is 0. The average molecular weight is 288 g/mol. The first-order valence-electron chi connectivity index (χ1n) is 6.20. The van der Waals surface area contributed by atoms with Crippen molar-refractivity contribution in [2.75, 3.05) is 13.6 Å². The van der Waals surface area contributed by atoms with E-state index in [4.69, 9.17) is 11.6 Å². The molecular weight excluding hydrogens is 270 g/mol. The Morgan fingerprint density at radius 2 is 2.22 bits per heavy atom. The molecule has 1 fully saturated rings. The molecule has 0 spiro atoms. The zero-order valence-electron chi connectivity index (χ0n) is 10.9. The lowest BCUT2D eigenvalue weighted by molar-refractivity contribution is 0.0750. The summed E-state index contributed by atoms with van der Waals surface area (Å²) in [4.78, 5) is 14.8. The maximum atomic E-state index is 12.3. The molecule has 18 heavy (non-hydrogen) atoms. The van der Waals surface area contributed by atoms with E-state index < -0.39 is 0 Å². The topological polar surface area (TPSA) is 46.1 Å². The summed E-state index contributed by atoms with van der Waals surface area (Å²) in [6.45, 7) is 4.83. The molecule has 0 aliphatic heterocycles. The molecule has 0 radical (unpaired) electrons. The summed E-state index contributed by atoms with van der Waals surface area (Å²) in [7, 11) is 1.84. The van der Waals surface area contributed by atoms with Crippen LogP contribution in [-0.2, 0) is 0 Å². The number of carbonyl (C=O) groups is 1. The Bertz CT molecular complexity index is 429. The van der Waals surface area contributed by atoms with E-state index in [0.717, 1.165) is 25.1 Å². The molecule has 1 heterocycles. The van der Waals surface area contributed by atoms with E-state index in [1.807, 2.05) is 20.9 Å². The predicted octanol–water partition coefficient (Wildman–Crippen LogP) is 2.75. The first-order chi connectivity index (χ1) is 8.49. The van der Waals surface area contributed by atoms with Crippen LogP contribution in [0.5, 0.6) is 0 Å². The molecular formula is C12H18ClN3OS. The molecule has 1 aliphatic rings. The summed E-state index contributed by atoms with van der Waals surface area (Å²) < 4.78 is 3.90. The minimum atomic E-state index is 0.0340. The Morgan fingerprint density at radius 1 is 1.56 bits per heavy atom. The van der Waals surface area contributed by atoms with Crippen molar-refractivity contribution >= 4 is 29.0 Å². The van der Waals surface area contributed by atoms with Crippen molar-refractivity contribution in [1.82, 2.24) is 14.5 Å². The quantitative estimate of drug-likeness (QED) is 0.800. The highest BCUT2D eigenvalue weighted by atomic mass is 35.5. The van der Waals surface area contributed by atoms with Gasteiger partial charge in [0.25, 0.3) is 5.91 Å². The van der Waals surface area contributed by atoms with E-state index >= 15 is 0 Å². The monoisotopic (exact) mass is 287 g/mol. The molecule has 1 amide bonds. The molecule has 2 rings (SSSR count). The van der Waals surface area contributed by atoms with Crippen LogP contribution in [0.15, 0.2) is 0 Å². The van der Waals surface area contributed by atoms with Crippen LogP contribution in [0.3, 0.4) is 0 Å². The van der Waals surface area contributed by atoms with Gasteiger partial charge in [-0.2, -0.15) is 0 Å². The highest BCUT2D eigenvalue weighted by Gasteiger charge is 2.30. The van der Waals surface area contributed by atoms with E-state index in [0.29, 0.717) is 16.2 Å². The number of aromatic nitrogens is 2. The number of alkyl halides is 1. The predicted molar refractivity (Wildman–Crippen MR) is 73.3 cm³/mol. The molecule has 0 atom stereocenters. The molecule has 100 valence electrons. The molecule has 1 saturated carbocycles. The van der Waals surface area contributed by atoms with E-state index in [1.165, 1.54) is 11.5 Å². The van der Waals surface area contributed by atoms with Crippen LogP contribution in [-0.4, -0.2) is 39.4 Å². The van der Waals surface area contributed by atoms with Gasteiger partial charge in [0.05, 0.1) is 5.69 Å². The molecule has 1 aromatic heterocycles. The fourth-order valence-corrected chi connectivity index (χ4v) is 3.49. The highest BCUT2D eigenvalue weighted by Crippen LogP contribution is 2.32. The second-order valence-electron chi connectivity index (χ2n) is 5.26. The minimum Gasteiger partial charge on any atom is -0.341 e.